The molecule has 0 spiro atoms. The van der Waals surface area contributed by atoms with E-state index in [0.29, 0.717) is 0 Å². The number of hydrogen-bond donors (Lipinski definition) is 1. The summed E-state index contributed by atoms with van der Waals surface area (Å²) >= 11 is 6.22. The predicted octanol–water partition coefficient (Wildman–Crippen LogP) is 3.68. The normalized spacial score (nSPS) is 15.8. The van der Waals surface area contributed by atoms with E-state index >= 15 is 0 Å². The first-order valence-corrected chi connectivity index (χ1v) is 8.16. The molecular formula is C17H22ClN3. The molecule has 1 heterocycles. The average molecular weight is 304 g/mol. The van der Waals surface area contributed by atoms with Crippen LogP contribution >= 0.6 is 11.6 Å². The zero-order valence-electron chi connectivity index (χ0n) is 12.5. The van der Waals surface area contributed by atoms with E-state index in [4.69, 9.17) is 17.3 Å². The molecule has 0 bridgehead atoms. The summed E-state index contributed by atoms with van der Waals surface area (Å²) in [4.78, 5) is 4.59. The van der Waals surface area contributed by atoms with Gasteiger partial charge in [0.05, 0.1) is 17.7 Å². The van der Waals surface area contributed by atoms with Gasteiger partial charge in [0, 0.05) is 16.8 Å². The highest BCUT2D eigenvalue weighted by molar-refractivity contribution is 6.30. The van der Waals surface area contributed by atoms with Crippen LogP contribution in [0.3, 0.4) is 0 Å². The van der Waals surface area contributed by atoms with Crippen LogP contribution in [0.15, 0.2) is 24.5 Å². The summed E-state index contributed by atoms with van der Waals surface area (Å²) in [6, 6.07) is 6.27. The number of fused-ring (bicyclic) bond motifs is 1. The molecule has 1 aliphatic carbocycles. The van der Waals surface area contributed by atoms with Crippen molar-refractivity contribution in [2.24, 2.45) is 5.73 Å². The average Bonchev–Trinajstić information content (AvgIpc) is 2.92. The molecule has 4 heteroatoms. The number of rotatable bonds is 4. The van der Waals surface area contributed by atoms with Crippen molar-refractivity contribution in [1.82, 2.24) is 9.55 Å². The first-order chi connectivity index (χ1) is 10.2. The summed E-state index contributed by atoms with van der Waals surface area (Å²) in [6.45, 7) is 2.12. The van der Waals surface area contributed by atoms with E-state index < -0.39 is 0 Å². The van der Waals surface area contributed by atoms with Gasteiger partial charge in [0.1, 0.15) is 0 Å². The highest BCUT2D eigenvalue weighted by Gasteiger charge is 2.18. The lowest BCUT2D eigenvalue weighted by atomic mass is 9.99. The fraction of sp³-hybridized carbons (Fsp3) is 0.471. The van der Waals surface area contributed by atoms with Gasteiger partial charge in [0.2, 0.25) is 0 Å². The summed E-state index contributed by atoms with van der Waals surface area (Å²) in [5.74, 6) is 0. The molecule has 0 saturated carbocycles. The van der Waals surface area contributed by atoms with Crippen molar-refractivity contribution >= 4 is 11.6 Å². The number of nitrogens with zero attached hydrogens (tertiary/aromatic N) is 2. The predicted molar refractivity (Wildman–Crippen MR) is 87.2 cm³/mol. The first-order valence-electron chi connectivity index (χ1n) is 7.78. The van der Waals surface area contributed by atoms with E-state index in [-0.39, 0.29) is 6.04 Å². The number of aryl methyl sites for hydroxylation is 1. The van der Waals surface area contributed by atoms with Crippen LogP contribution in [0.5, 0.6) is 0 Å². The second-order valence-corrected chi connectivity index (χ2v) is 6.30. The van der Waals surface area contributed by atoms with Gasteiger partial charge in [-0.25, -0.2) is 4.98 Å². The SMILES string of the molecule is CCC(N)Cc1ccc(Cl)cc1-n1cnc2c1CCCC2. The van der Waals surface area contributed by atoms with Gasteiger partial charge in [-0.1, -0.05) is 24.6 Å². The van der Waals surface area contributed by atoms with E-state index in [1.807, 2.05) is 18.5 Å². The molecule has 1 atom stereocenters. The van der Waals surface area contributed by atoms with Crippen molar-refractivity contribution in [1.29, 1.82) is 0 Å². The minimum atomic E-state index is 0.185. The zero-order valence-corrected chi connectivity index (χ0v) is 13.2. The highest BCUT2D eigenvalue weighted by Crippen LogP contribution is 2.27. The van der Waals surface area contributed by atoms with Crippen LogP contribution in [-0.4, -0.2) is 15.6 Å². The number of halogens is 1. The topological polar surface area (TPSA) is 43.8 Å². The van der Waals surface area contributed by atoms with Crippen molar-refractivity contribution in [3.63, 3.8) is 0 Å². The van der Waals surface area contributed by atoms with Crippen molar-refractivity contribution in [2.45, 2.75) is 51.5 Å². The number of aromatic nitrogens is 2. The summed E-state index contributed by atoms with van der Waals surface area (Å²) in [7, 11) is 0. The summed E-state index contributed by atoms with van der Waals surface area (Å²) < 4.78 is 2.22. The Labute approximate surface area is 131 Å². The van der Waals surface area contributed by atoms with Crippen molar-refractivity contribution in [3.05, 3.63) is 46.5 Å². The van der Waals surface area contributed by atoms with Crippen LogP contribution in [0.4, 0.5) is 0 Å². The van der Waals surface area contributed by atoms with Crippen molar-refractivity contribution < 1.29 is 0 Å². The standard InChI is InChI=1S/C17H22ClN3/c1-2-14(19)9-12-7-8-13(18)10-17(12)21-11-20-15-5-3-4-6-16(15)21/h7-8,10-11,14H,2-6,9,19H2,1H3. The number of nitrogens with two attached hydrogens (primary N) is 1. The molecule has 3 rings (SSSR count). The summed E-state index contributed by atoms with van der Waals surface area (Å²) in [5, 5.41) is 0.761. The Morgan fingerprint density at radius 3 is 2.95 bits per heavy atom. The molecule has 0 amide bonds. The molecule has 0 fully saturated rings. The molecule has 21 heavy (non-hydrogen) atoms. The molecule has 0 aliphatic heterocycles. The highest BCUT2D eigenvalue weighted by atomic mass is 35.5. The van der Waals surface area contributed by atoms with Gasteiger partial charge in [0.25, 0.3) is 0 Å². The van der Waals surface area contributed by atoms with Crippen LogP contribution in [0.1, 0.15) is 43.1 Å². The number of hydrogen-bond acceptors (Lipinski definition) is 2. The monoisotopic (exact) mass is 303 g/mol. The minimum absolute atomic E-state index is 0.185. The van der Waals surface area contributed by atoms with E-state index in [0.717, 1.165) is 36.4 Å². The van der Waals surface area contributed by atoms with Gasteiger partial charge in [-0.05, 0) is 56.2 Å². The van der Waals surface area contributed by atoms with Gasteiger partial charge >= 0.3 is 0 Å². The fourth-order valence-corrected chi connectivity index (χ4v) is 3.20. The third-order valence-corrected chi connectivity index (χ3v) is 4.58. The fourth-order valence-electron chi connectivity index (χ4n) is 3.04. The van der Waals surface area contributed by atoms with Gasteiger partial charge < -0.3 is 10.3 Å². The Bertz CT molecular complexity index is 633. The Kier molecular flexibility index (Phi) is 4.32. The third-order valence-electron chi connectivity index (χ3n) is 4.34. The molecule has 1 aliphatic rings. The first kappa shape index (κ1) is 14.6. The van der Waals surface area contributed by atoms with E-state index in [1.54, 1.807) is 0 Å². The summed E-state index contributed by atoms with van der Waals surface area (Å²) in [5.41, 5.74) is 11.1. The van der Waals surface area contributed by atoms with Crippen LogP contribution < -0.4 is 5.73 Å². The van der Waals surface area contributed by atoms with Crippen LogP contribution in [0.25, 0.3) is 5.69 Å². The lowest BCUT2D eigenvalue weighted by Crippen LogP contribution is -2.22. The van der Waals surface area contributed by atoms with Gasteiger partial charge in [-0.3, -0.25) is 0 Å². The second kappa shape index (κ2) is 6.20. The lowest BCUT2D eigenvalue weighted by molar-refractivity contribution is 0.638. The molecule has 2 aromatic rings. The molecule has 1 unspecified atom stereocenters. The molecule has 112 valence electrons. The van der Waals surface area contributed by atoms with E-state index in [2.05, 4.69) is 22.5 Å². The third kappa shape index (κ3) is 2.99. The van der Waals surface area contributed by atoms with Crippen LogP contribution in [0, 0.1) is 0 Å². The molecule has 1 aromatic carbocycles. The molecule has 0 radical (unpaired) electrons. The molecular weight excluding hydrogens is 282 g/mol. The minimum Gasteiger partial charge on any atom is -0.327 e. The largest absolute Gasteiger partial charge is 0.327 e. The summed E-state index contributed by atoms with van der Waals surface area (Å²) in [6.07, 6.45) is 8.46. The van der Waals surface area contributed by atoms with Gasteiger partial charge in [0.15, 0.2) is 0 Å². The Hall–Kier alpha value is -1.32. The Balaban J connectivity index is 2.04. The van der Waals surface area contributed by atoms with Crippen LogP contribution in [-0.2, 0) is 19.3 Å². The van der Waals surface area contributed by atoms with Crippen molar-refractivity contribution in [3.8, 4) is 5.69 Å². The smallest absolute Gasteiger partial charge is 0.0997 e. The van der Waals surface area contributed by atoms with Gasteiger partial charge in [-0.2, -0.15) is 0 Å². The lowest BCUT2D eigenvalue weighted by Gasteiger charge is -2.18. The molecule has 0 saturated heterocycles. The number of imidazole rings is 1. The van der Waals surface area contributed by atoms with Crippen molar-refractivity contribution in [2.75, 3.05) is 0 Å². The molecule has 1 aromatic heterocycles. The van der Waals surface area contributed by atoms with E-state index in [1.165, 1.54) is 29.8 Å². The molecule has 3 nitrogen and oxygen atoms in total. The van der Waals surface area contributed by atoms with Crippen LogP contribution in [0.2, 0.25) is 5.02 Å². The number of benzene rings is 1. The van der Waals surface area contributed by atoms with E-state index in [9.17, 15) is 0 Å². The molecule has 2 N–H and O–H groups in total. The zero-order chi connectivity index (χ0) is 14.8. The maximum Gasteiger partial charge on any atom is 0.0997 e. The Morgan fingerprint density at radius 2 is 2.14 bits per heavy atom. The second-order valence-electron chi connectivity index (χ2n) is 5.86. The Morgan fingerprint density at radius 1 is 1.33 bits per heavy atom. The quantitative estimate of drug-likeness (QED) is 0.936. The maximum absolute atomic E-state index is 6.22. The maximum atomic E-state index is 6.22. The van der Waals surface area contributed by atoms with Gasteiger partial charge in [-0.15, -0.1) is 0 Å².